The number of carbonyl (C=O) groups excluding carboxylic acids is 1. The molecule has 7 nitrogen and oxygen atoms in total. The van der Waals surface area contributed by atoms with Crippen molar-refractivity contribution in [3.63, 3.8) is 0 Å². The summed E-state index contributed by atoms with van der Waals surface area (Å²) in [6, 6.07) is -0.332. The zero-order valence-corrected chi connectivity index (χ0v) is 10.8. The molecular weight excluding hydrogens is 248 g/mol. The molecule has 0 radical (unpaired) electrons. The number of carbonyl (C=O) groups is 2. The highest BCUT2D eigenvalue weighted by atomic mass is 16.4. The molecule has 1 aromatic heterocycles. The minimum Gasteiger partial charge on any atom is -0.481 e. The summed E-state index contributed by atoms with van der Waals surface area (Å²) in [4.78, 5) is 26.6. The number of aryl methyl sites for hydroxylation is 1. The first-order chi connectivity index (χ1) is 9.06. The van der Waals surface area contributed by atoms with E-state index in [9.17, 15) is 9.59 Å². The molecule has 2 rings (SSSR count). The number of carboxylic acid groups (broad SMARTS) is 1. The summed E-state index contributed by atoms with van der Waals surface area (Å²) < 4.78 is 1.83. The Bertz CT molecular complexity index is 471. The lowest BCUT2D eigenvalue weighted by atomic mass is 10.1. The minimum absolute atomic E-state index is 0.0533. The van der Waals surface area contributed by atoms with Gasteiger partial charge in [-0.15, -0.1) is 0 Å². The normalized spacial score (nSPS) is 22.2. The molecule has 0 spiro atoms. The van der Waals surface area contributed by atoms with Crippen LogP contribution < -0.4 is 10.6 Å². The van der Waals surface area contributed by atoms with Crippen LogP contribution >= 0.6 is 0 Å². The van der Waals surface area contributed by atoms with Crippen molar-refractivity contribution in [3.05, 3.63) is 18.2 Å². The summed E-state index contributed by atoms with van der Waals surface area (Å²) in [5, 5.41) is 14.4. The van der Waals surface area contributed by atoms with Crippen LogP contribution in [0.25, 0.3) is 0 Å². The molecule has 1 heterocycles. The van der Waals surface area contributed by atoms with Crippen molar-refractivity contribution in [1.82, 2.24) is 20.2 Å². The predicted octanol–water partition coefficient (Wildman–Crippen LogP) is 0.473. The minimum atomic E-state index is -0.780. The third-order valence-electron chi connectivity index (χ3n) is 3.45. The number of aromatic nitrogens is 2. The first-order valence-electron chi connectivity index (χ1n) is 6.29. The molecule has 1 aromatic rings. The molecule has 7 heteroatoms. The molecule has 0 saturated heterocycles. The average molecular weight is 266 g/mol. The van der Waals surface area contributed by atoms with Crippen LogP contribution in [0.15, 0.2) is 12.4 Å². The van der Waals surface area contributed by atoms with Crippen LogP contribution in [0.1, 0.15) is 25.1 Å². The van der Waals surface area contributed by atoms with Gasteiger partial charge in [0.1, 0.15) is 5.82 Å². The summed E-state index contributed by atoms with van der Waals surface area (Å²) in [5.41, 5.74) is 0. The number of rotatable bonds is 4. The van der Waals surface area contributed by atoms with Gasteiger partial charge < -0.3 is 20.3 Å². The van der Waals surface area contributed by atoms with Crippen LogP contribution in [0.5, 0.6) is 0 Å². The Morgan fingerprint density at radius 2 is 2.32 bits per heavy atom. The number of aliphatic carboxylic acids is 1. The number of imidazole rings is 1. The number of urea groups is 1. The molecule has 104 valence electrons. The summed E-state index contributed by atoms with van der Waals surface area (Å²) in [6.07, 6.45) is 5.32. The maximum Gasteiger partial charge on any atom is 0.315 e. The SMILES string of the molecule is Cn1ccnc1CNC(=O)N[C@H]1CC[C@@H](C(=O)O)C1. The maximum atomic E-state index is 11.7. The van der Waals surface area contributed by atoms with Gasteiger partial charge in [0.25, 0.3) is 0 Å². The van der Waals surface area contributed by atoms with Crippen molar-refractivity contribution in [2.75, 3.05) is 0 Å². The fraction of sp³-hybridized carbons (Fsp3) is 0.583. The van der Waals surface area contributed by atoms with Gasteiger partial charge in [0.2, 0.25) is 0 Å². The molecule has 3 N–H and O–H groups in total. The molecule has 1 aliphatic rings. The van der Waals surface area contributed by atoms with E-state index in [1.807, 2.05) is 17.8 Å². The van der Waals surface area contributed by atoms with Crippen molar-refractivity contribution in [2.45, 2.75) is 31.8 Å². The molecular formula is C12H18N4O3. The van der Waals surface area contributed by atoms with Crippen molar-refractivity contribution in [3.8, 4) is 0 Å². The third kappa shape index (κ3) is 3.46. The lowest BCUT2D eigenvalue weighted by molar-refractivity contribution is -0.141. The van der Waals surface area contributed by atoms with Crippen LogP contribution in [-0.4, -0.2) is 32.7 Å². The monoisotopic (exact) mass is 266 g/mol. The zero-order valence-electron chi connectivity index (χ0n) is 10.8. The lowest BCUT2D eigenvalue weighted by Crippen LogP contribution is -2.41. The Kier molecular flexibility index (Phi) is 4.03. The largest absolute Gasteiger partial charge is 0.481 e. The van der Waals surface area contributed by atoms with Crippen LogP contribution in [0.4, 0.5) is 4.79 Å². The molecule has 1 aliphatic carbocycles. The van der Waals surface area contributed by atoms with Crippen molar-refractivity contribution in [1.29, 1.82) is 0 Å². The number of amides is 2. The van der Waals surface area contributed by atoms with Gasteiger partial charge in [-0.25, -0.2) is 9.78 Å². The Labute approximate surface area is 111 Å². The second kappa shape index (κ2) is 5.73. The van der Waals surface area contributed by atoms with E-state index in [2.05, 4.69) is 15.6 Å². The topological polar surface area (TPSA) is 96.3 Å². The number of nitrogens with zero attached hydrogens (tertiary/aromatic N) is 2. The smallest absolute Gasteiger partial charge is 0.315 e. The Hall–Kier alpha value is -2.05. The van der Waals surface area contributed by atoms with Gasteiger partial charge in [-0.3, -0.25) is 4.79 Å². The fourth-order valence-corrected chi connectivity index (χ4v) is 2.30. The van der Waals surface area contributed by atoms with E-state index in [0.29, 0.717) is 25.8 Å². The highest BCUT2D eigenvalue weighted by molar-refractivity contribution is 5.75. The van der Waals surface area contributed by atoms with Gasteiger partial charge in [0, 0.05) is 25.5 Å². The molecule has 0 bridgehead atoms. The molecule has 19 heavy (non-hydrogen) atoms. The van der Waals surface area contributed by atoms with E-state index in [1.165, 1.54) is 0 Å². The van der Waals surface area contributed by atoms with E-state index in [-0.39, 0.29) is 18.0 Å². The highest BCUT2D eigenvalue weighted by Gasteiger charge is 2.30. The van der Waals surface area contributed by atoms with Gasteiger partial charge in [-0.1, -0.05) is 0 Å². The highest BCUT2D eigenvalue weighted by Crippen LogP contribution is 2.25. The van der Waals surface area contributed by atoms with Gasteiger partial charge >= 0.3 is 12.0 Å². The Balaban J connectivity index is 1.73. The Morgan fingerprint density at radius 1 is 1.53 bits per heavy atom. The molecule has 2 amide bonds. The van der Waals surface area contributed by atoms with Gasteiger partial charge in [-0.2, -0.15) is 0 Å². The van der Waals surface area contributed by atoms with E-state index in [0.717, 1.165) is 5.82 Å². The predicted molar refractivity (Wildman–Crippen MR) is 67.3 cm³/mol. The Morgan fingerprint density at radius 3 is 2.89 bits per heavy atom. The molecule has 1 saturated carbocycles. The summed E-state index contributed by atoms with van der Waals surface area (Å²) in [5.74, 6) is -0.345. The van der Waals surface area contributed by atoms with E-state index in [4.69, 9.17) is 5.11 Å². The summed E-state index contributed by atoms with van der Waals surface area (Å²) in [6.45, 7) is 0.352. The van der Waals surface area contributed by atoms with Crippen LogP contribution in [-0.2, 0) is 18.4 Å². The average Bonchev–Trinajstić information content (AvgIpc) is 2.96. The summed E-state index contributed by atoms with van der Waals surface area (Å²) in [7, 11) is 1.86. The van der Waals surface area contributed by atoms with Crippen molar-refractivity contribution < 1.29 is 14.7 Å². The fourth-order valence-electron chi connectivity index (χ4n) is 2.30. The standard InChI is InChI=1S/C12H18N4O3/c1-16-5-4-13-10(16)7-14-12(19)15-9-3-2-8(6-9)11(17)18/h4-5,8-9H,2-3,6-7H2,1H3,(H,17,18)(H2,14,15,19)/t8-,9+/m1/s1. The third-order valence-corrected chi connectivity index (χ3v) is 3.45. The lowest BCUT2D eigenvalue weighted by Gasteiger charge is -2.13. The summed E-state index contributed by atoms with van der Waals surface area (Å²) >= 11 is 0. The van der Waals surface area contributed by atoms with E-state index >= 15 is 0 Å². The quantitative estimate of drug-likeness (QED) is 0.738. The van der Waals surface area contributed by atoms with E-state index in [1.54, 1.807) is 6.20 Å². The van der Waals surface area contributed by atoms with E-state index < -0.39 is 5.97 Å². The van der Waals surface area contributed by atoms with Crippen LogP contribution in [0, 0.1) is 5.92 Å². The first-order valence-corrected chi connectivity index (χ1v) is 6.29. The number of hydrogen-bond donors (Lipinski definition) is 3. The van der Waals surface area contributed by atoms with Gasteiger partial charge in [0.15, 0.2) is 0 Å². The molecule has 2 atom stereocenters. The number of nitrogens with one attached hydrogen (secondary N) is 2. The van der Waals surface area contributed by atoms with Gasteiger partial charge in [-0.05, 0) is 19.3 Å². The van der Waals surface area contributed by atoms with Crippen molar-refractivity contribution in [2.24, 2.45) is 13.0 Å². The second-order valence-corrected chi connectivity index (χ2v) is 4.83. The van der Waals surface area contributed by atoms with Crippen LogP contribution in [0.2, 0.25) is 0 Å². The van der Waals surface area contributed by atoms with Crippen LogP contribution in [0.3, 0.4) is 0 Å². The van der Waals surface area contributed by atoms with Gasteiger partial charge in [0.05, 0.1) is 12.5 Å². The zero-order chi connectivity index (χ0) is 13.8. The molecule has 0 unspecified atom stereocenters. The molecule has 0 aromatic carbocycles. The first kappa shape index (κ1) is 13.4. The molecule has 0 aliphatic heterocycles. The number of hydrogen-bond acceptors (Lipinski definition) is 3. The van der Waals surface area contributed by atoms with Crippen molar-refractivity contribution >= 4 is 12.0 Å². The molecule has 1 fully saturated rings. The second-order valence-electron chi connectivity index (χ2n) is 4.83. The number of carboxylic acids is 1. The maximum absolute atomic E-state index is 11.7.